The maximum atomic E-state index is 11.6. The summed E-state index contributed by atoms with van der Waals surface area (Å²) in [6, 6.07) is 3.63. The number of nitrogens with zero attached hydrogens (tertiary/aromatic N) is 1. The summed E-state index contributed by atoms with van der Waals surface area (Å²) in [6.07, 6.45) is 2.01. The SMILES string of the molecule is CC(C)Cn1cc(C(C)CI)ccc1=O. The van der Waals surface area contributed by atoms with Crippen LogP contribution in [0.25, 0.3) is 0 Å². The first-order valence-corrected chi connectivity index (χ1v) is 6.83. The standard InChI is InChI=1S/C12H18INO/c1-9(2)7-14-8-11(10(3)6-13)4-5-12(14)15/h4-5,8-10H,6-7H2,1-3H3. The molecule has 0 bridgehead atoms. The van der Waals surface area contributed by atoms with E-state index in [1.165, 1.54) is 5.56 Å². The van der Waals surface area contributed by atoms with Gasteiger partial charge in [0, 0.05) is 23.2 Å². The average Bonchev–Trinajstić information content (AvgIpc) is 2.19. The van der Waals surface area contributed by atoms with Gasteiger partial charge in [-0.25, -0.2) is 0 Å². The molecule has 1 aromatic rings. The maximum Gasteiger partial charge on any atom is 0.250 e. The Morgan fingerprint density at radius 2 is 2.00 bits per heavy atom. The van der Waals surface area contributed by atoms with Crippen molar-refractivity contribution < 1.29 is 0 Å². The van der Waals surface area contributed by atoms with Gasteiger partial charge in [-0.3, -0.25) is 4.79 Å². The van der Waals surface area contributed by atoms with E-state index in [0.29, 0.717) is 11.8 Å². The van der Waals surface area contributed by atoms with Gasteiger partial charge in [0.2, 0.25) is 0 Å². The van der Waals surface area contributed by atoms with Crippen molar-refractivity contribution >= 4 is 22.6 Å². The predicted molar refractivity (Wildman–Crippen MR) is 72.8 cm³/mol. The van der Waals surface area contributed by atoms with Crippen molar-refractivity contribution in [2.75, 3.05) is 4.43 Å². The van der Waals surface area contributed by atoms with Crippen molar-refractivity contribution in [3.8, 4) is 0 Å². The van der Waals surface area contributed by atoms with Crippen molar-refractivity contribution in [2.24, 2.45) is 5.92 Å². The second-order valence-corrected chi connectivity index (χ2v) is 5.28. The normalized spacial score (nSPS) is 13.1. The van der Waals surface area contributed by atoms with Crippen LogP contribution >= 0.6 is 22.6 Å². The van der Waals surface area contributed by atoms with Crippen molar-refractivity contribution in [3.63, 3.8) is 0 Å². The van der Waals surface area contributed by atoms with E-state index in [1.54, 1.807) is 6.07 Å². The van der Waals surface area contributed by atoms with Crippen LogP contribution in [0.5, 0.6) is 0 Å². The topological polar surface area (TPSA) is 22.0 Å². The first kappa shape index (κ1) is 12.7. The van der Waals surface area contributed by atoms with E-state index in [2.05, 4.69) is 43.4 Å². The second kappa shape index (κ2) is 5.68. The van der Waals surface area contributed by atoms with E-state index in [0.717, 1.165) is 11.0 Å². The lowest BCUT2D eigenvalue weighted by atomic mass is 10.1. The summed E-state index contributed by atoms with van der Waals surface area (Å²) >= 11 is 2.38. The predicted octanol–water partition coefficient (Wildman–Crippen LogP) is 3.04. The maximum absolute atomic E-state index is 11.6. The lowest BCUT2D eigenvalue weighted by molar-refractivity contribution is 0.508. The number of halogens is 1. The Bertz CT molecular complexity index is 370. The molecule has 0 aliphatic heterocycles. The van der Waals surface area contributed by atoms with Crippen LogP contribution in [0.3, 0.4) is 0 Å². The molecule has 0 saturated heterocycles. The fourth-order valence-corrected chi connectivity index (χ4v) is 1.98. The van der Waals surface area contributed by atoms with Gasteiger partial charge in [0.1, 0.15) is 0 Å². The summed E-state index contributed by atoms with van der Waals surface area (Å²) in [6.45, 7) is 7.24. The monoisotopic (exact) mass is 319 g/mol. The molecule has 15 heavy (non-hydrogen) atoms. The van der Waals surface area contributed by atoms with Gasteiger partial charge >= 0.3 is 0 Å². The Morgan fingerprint density at radius 1 is 1.33 bits per heavy atom. The molecule has 0 aliphatic rings. The quantitative estimate of drug-likeness (QED) is 0.618. The van der Waals surface area contributed by atoms with Crippen LogP contribution in [-0.4, -0.2) is 8.99 Å². The van der Waals surface area contributed by atoms with E-state index in [9.17, 15) is 4.79 Å². The molecule has 0 aromatic carbocycles. The first-order valence-electron chi connectivity index (χ1n) is 5.31. The number of alkyl halides is 1. The van der Waals surface area contributed by atoms with Crippen molar-refractivity contribution in [1.29, 1.82) is 0 Å². The average molecular weight is 319 g/mol. The molecule has 0 amide bonds. The Kier molecular flexibility index (Phi) is 4.83. The number of rotatable bonds is 4. The number of aromatic nitrogens is 1. The molecule has 3 heteroatoms. The Balaban J connectivity index is 3.00. The van der Waals surface area contributed by atoms with E-state index < -0.39 is 0 Å². The van der Waals surface area contributed by atoms with Gasteiger partial charge in [0.15, 0.2) is 0 Å². The number of hydrogen-bond donors (Lipinski definition) is 0. The largest absolute Gasteiger partial charge is 0.315 e. The smallest absolute Gasteiger partial charge is 0.250 e. The molecule has 1 rings (SSSR count). The van der Waals surface area contributed by atoms with Gasteiger partial charge in [-0.2, -0.15) is 0 Å². The van der Waals surface area contributed by atoms with Gasteiger partial charge in [0.05, 0.1) is 0 Å². The minimum atomic E-state index is 0.105. The lowest BCUT2D eigenvalue weighted by Gasteiger charge is -2.13. The minimum absolute atomic E-state index is 0.105. The highest BCUT2D eigenvalue weighted by Crippen LogP contribution is 2.16. The summed E-state index contributed by atoms with van der Waals surface area (Å²) in [7, 11) is 0. The molecule has 0 radical (unpaired) electrons. The van der Waals surface area contributed by atoms with Crippen LogP contribution in [0, 0.1) is 5.92 Å². The van der Waals surface area contributed by atoms with Crippen molar-refractivity contribution in [1.82, 2.24) is 4.57 Å². The van der Waals surface area contributed by atoms with Gasteiger partial charge in [-0.05, 0) is 17.4 Å². The van der Waals surface area contributed by atoms with Crippen LogP contribution in [-0.2, 0) is 6.54 Å². The second-order valence-electron chi connectivity index (χ2n) is 4.40. The van der Waals surface area contributed by atoms with E-state index in [1.807, 2.05) is 16.8 Å². The third kappa shape index (κ3) is 3.63. The summed E-state index contributed by atoms with van der Waals surface area (Å²) < 4.78 is 2.90. The molecule has 0 fully saturated rings. The molecule has 84 valence electrons. The third-order valence-corrected chi connectivity index (χ3v) is 3.69. The molecule has 0 saturated carbocycles. The third-order valence-electron chi connectivity index (χ3n) is 2.37. The molecule has 2 nitrogen and oxygen atoms in total. The molecular formula is C12H18INO. The fourth-order valence-electron chi connectivity index (χ4n) is 1.47. The van der Waals surface area contributed by atoms with Crippen molar-refractivity contribution in [3.05, 3.63) is 34.2 Å². The van der Waals surface area contributed by atoms with Gasteiger partial charge in [0.25, 0.3) is 5.56 Å². The van der Waals surface area contributed by atoms with E-state index in [-0.39, 0.29) is 5.56 Å². The zero-order chi connectivity index (χ0) is 11.4. The summed E-state index contributed by atoms with van der Waals surface area (Å²) in [5.74, 6) is 1.03. The number of pyridine rings is 1. The lowest BCUT2D eigenvalue weighted by Crippen LogP contribution is -2.22. The van der Waals surface area contributed by atoms with Crippen LogP contribution in [0.4, 0.5) is 0 Å². The van der Waals surface area contributed by atoms with Crippen molar-refractivity contribution in [2.45, 2.75) is 33.2 Å². The zero-order valence-corrected chi connectivity index (χ0v) is 11.7. The van der Waals surface area contributed by atoms with E-state index in [4.69, 9.17) is 0 Å². The Hall–Kier alpha value is -0.320. The molecular weight excluding hydrogens is 301 g/mol. The highest BCUT2D eigenvalue weighted by molar-refractivity contribution is 14.1. The highest BCUT2D eigenvalue weighted by Gasteiger charge is 2.06. The minimum Gasteiger partial charge on any atom is -0.315 e. The van der Waals surface area contributed by atoms with Crippen LogP contribution in [0.1, 0.15) is 32.3 Å². The molecule has 1 atom stereocenters. The molecule has 1 aromatic heterocycles. The van der Waals surface area contributed by atoms with Gasteiger partial charge < -0.3 is 4.57 Å². The molecule has 0 spiro atoms. The highest BCUT2D eigenvalue weighted by atomic mass is 127. The van der Waals surface area contributed by atoms with Crippen LogP contribution < -0.4 is 5.56 Å². The molecule has 0 aliphatic carbocycles. The molecule has 1 heterocycles. The fraction of sp³-hybridized carbons (Fsp3) is 0.583. The van der Waals surface area contributed by atoms with Crippen LogP contribution in [0.2, 0.25) is 0 Å². The number of hydrogen-bond acceptors (Lipinski definition) is 1. The molecule has 0 N–H and O–H groups in total. The van der Waals surface area contributed by atoms with Crippen LogP contribution in [0.15, 0.2) is 23.1 Å². The van der Waals surface area contributed by atoms with Gasteiger partial charge in [-0.1, -0.05) is 49.4 Å². The van der Waals surface area contributed by atoms with E-state index >= 15 is 0 Å². The van der Waals surface area contributed by atoms with Gasteiger partial charge in [-0.15, -0.1) is 0 Å². The summed E-state index contributed by atoms with van der Waals surface area (Å²) in [4.78, 5) is 11.6. The Labute approximate surface area is 105 Å². The molecule has 1 unspecified atom stereocenters. The zero-order valence-electron chi connectivity index (χ0n) is 9.53. The summed E-state index contributed by atoms with van der Waals surface area (Å²) in [5, 5.41) is 0. The first-order chi connectivity index (χ1) is 7.04. The Morgan fingerprint density at radius 3 is 2.53 bits per heavy atom. The summed E-state index contributed by atoms with van der Waals surface area (Å²) in [5.41, 5.74) is 1.36.